The lowest BCUT2D eigenvalue weighted by atomic mass is 9.98. The highest BCUT2D eigenvalue weighted by atomic mass is 16.5. The van der Waals surface area contributed by atoms with Crippen LogP contribution in [-0.2, 0) is 0 Å². The van der Waals surface area contributed by atoms with Gasteiger partial charge >= 0.3 is 6.03 Å². The van der Waals surface area contributed by atoms with E-state index in [4.69, 9.17) is 4.74 Å². The molecular formula is C19H18N2O2. The number of para-hydroxylation sites is 1. The van der Waals surface area contributed by atoms with Gasteiger partial charge in [-0.1, -0.05) is 48.5 Å². The van der Waals surface area contributed by atoms with Gasteiger partial charge in [-0.15, -0.1) is 0 Å². The maximum Gasteiger partial charge on any atom is 0.319 e. The Bertz CT molecular complexity index is 764. The van der Waals surface area contributed by atoms with Crippen LogP contribution in [0, 0.1) is 0 Å². The third-order valence-electron chi connectivity index (χ3n) is 3.61. The van der Waals surface area contributed by atoms with Gasteiger partial charge < -0.3 is 15.4 Å². The van der Waals surface area contributed by atoms with Crippen LogP contribution in [0.25, 0.3) is 11.6 Å². The van der Waals surface area contributed by atoms with Crippen molar-refractivity contribution < 1.29 is 9.53 Å². The quantitative estimate of drug-likeness (QED) is 0.850. The molecule has 1 aliphatic rings. The maximum atomic E-state index is 11.7. The van der Waals surface area contributed by atoms with Crippen LogP contribution in [0.4, 0.5) is 4.79 Å². The number of amides is 2. The fraction of sp³-hybridized carbons (Fsp3) is 0.105. The van der Waals surface area contributed by atoms with E-state index >= 15 is 0 Å². The molecule has 2 N–H and O–H groups in total. The summed E-state index contributed by atoms with van der Waals surface area (Å²) in [5.41, 5.74) is 3.69. The van der Waals surface area contributed by atoms with E-state index in [1.807, 2.05) is 60.7 Å². The largest absolute Gasteiger partial charge is 0.496 e. The molecule has 0 unspecified atom stereocenters. The molecule has 1 heterocycles. The number of carbonyl (C=O) groups excluding carboxylic acids is 1. The molecule has 3 rings (SSSR count). The Labute approximate surface area is 135 Å². The first-order chi connectivity index (χ1) is 11.3. The van der Waals surface area contributed by atoms with Gasteiger partial charge in [0, 0.05) is 23.4 Å². The number of rotatable bonds is 4. The Morgan fingerprint density at radius 3 is 2.57 bits per heavy atom. The zero-order chi connectivity index (χ0) is 16.1. The summed E-state index contributed by atoms with van der Waals surface area (Å²) in [5.74, 6) is 0.767. The first kappa shape index (κ1) is 14.9. The minimum atomic E-state index is -0.198. The van der Waals surface area contributed by atoms with Gasteiger partial charge in [-0.25, -0.2) is 4.79 Å². The van der Waals surface area contributed by atoms with Gasteiger partial charge in [-0.3, -0.25) is 0 Å². The molecule has 0 aliphatic carbocycles. The number of hydrogen-bond acceptors (Lipinski definition) is 2. The van der Waals surface area contributed by atoms with Gasteiger partial charge in [-0.05, 0) is 23.8 Å². The highest BCUT2D eigenvalue weighted by Crippen LogP contribution is 2.32. The molecule has 4 nitrogen and oxygen atoms in total. The zero-order valence-electron chi connectivity index (χ0n) is 12.9. The zero-order valence-corrected chi connectivity index (χ0v) is 12.9. The molecule has 0 aromatic heterocycles. The van der Waals surface area contributed by atoms with Crippen molar-refractivity contribution in [1.82, 2.24) is 10.6 Å². The van der Waals surface area contributed by atoms with Crippen LogP contribution in [0.3, 0.4) is 0 Å². The molecule has 0 saturated carbocycles. The predicted molar refractivity (Wildman–Crippen MR) is 91.9 cm³/mol. The molecule has 4 heteroatoms. The second-order valence-electron chi connectivity index (χ2n) is 5.12. The van der Waals surface area contributed by atoms with Crippen molar-refractivity contribution in [2.75, 3.05) is 13.7 Å². The van der Waals surface area contributed by atoms with E-state index in [0.29, 0.717) is 6.54 Å². The van der Waals surface area contributed by atoms with Crippen LogP contribution in [0.1, 0.15) is 11.1 Å². The Morgan fingerprint density at radius 1 is 1.09 bits per heavy atom. The topological polar surface area (TPSA) is 50.4 Å². The van der Waals surface area contributed by atoms with E-state index in [2.05, 4.69) is 16.7 Å². The lowest BCUT2D eigenvalue weighted by Gasteiger charge is -2.20. The van der Waals surface area contributed by atoms with E-state index in [0.717, 1.165) is 28.1 Å². The van der Waals surface area contributed by atoms with E-state index in [9.17, 15) is 4.79 Å². The number of methoxy groups -OCH3 is 1. The van der Waals surface area contributed by atoms with Gasteiger partial charge in [0.05, 0.1) is 7.11 Å². The average molecular weight is 306 g/mol. The van der Waals surface area contributed by atoms with Crippen molar-refractivity contribution in [2.24, 2.45) is 0 Å². The predicted octanol–water partition coefficient (Wildman–Crippen LogP) is 3.43. The number of carbonyl (C=O) groups is 1. The Kier molecular flexibility index (Phi) is 4.43. The summed E-state index contributed by atoms with van der Waals surface area (Å²) < 4.78 is 5.49. The summed E-state index contributed by atoms with van der Waals surface area (Å²) in [7, 11) is 1.65. The van der Waals surface area contributed by atoms with Gasteiger partial charge in [0.1, 0.15) is 5.75 Å². The third kappa shape index (κ3) is 3.43. The maximum absolute atomic E-state index is 11.7. The lowest BCUT2D eigenvalue weighted by molar-refractivity contribution is 0.243. The number of nitrogens with one attached hydrogen (secondary N) is 2. The number of ether oxygens (including phenoxy) is 1. The highest BCUT2D eigenvalue weighted by molar-refractivity contribution is 5.96. The fourth-order valence-corrected chi connectivity index (χ4v) is 2.52. The van der Waals surface area contributed by atoms with Gasteiger partial charge in [0.25, 0.3) is 0 Å². The molecule has 0 atom stereocenters. The summed E-state index contributed by atoms with van der Waals surface area (Å²) in [6, 6.07) is 17.6. The monoisotopic (exact) mass is 306 g/mol. The molecule has 2 aromatic rings. The normalized spacial score (nSPS) is 14.6. The number of urea groups is 1. The molecule has 116 valence electrons. The van der Waals surface area contributed by atoms with Crippen molar-refractivity contribution >= 4 is 17.7 Å². The Morgan fingerprint density at radius 2 is 1.83 bits per heavy atom. The van der Waals surface area contributed by atoms with Crippen LogP contribution in [-0.4, -0.2) is 19.7 Å². The molecule has 2 aromatic carbocycles. The molecule has 23 heavy (non-hydrogen) atoms. The molecule has 0 saturated heterocycles. The molecule has 0 fully saturated rings. The minimum absolute atomic E-state index is 0.198. The van der Waals surface area contributed by atoms with Crippen LogP contribution in [0.5, 0.6) is 5.75 Å². The number of benzene rings is 2. The first-order valence-electron chi connectivity index (χ1n) is 7.43. The van der Waals surface area contributed by atoms with Gasteiger partial charge in [0.15, 0.2) is 0 Å². The van der Waals surface area contributed by atoms with Crippen LogP contribution in [0.2, 0.25) is 0 Å². The van der Waals surface area contributed by atoms with Crippen molar-refractivity contribution in [3.05, 3.63) is 77.5 Å². The molecule has 0 radical (unpaired) electrons. The molecule has 2 amide bonds. The van der Waals surface area contributed by atoms with E-state index in [1.165, 1.54) is 0 Å². The van der Waals surface area contributed by atoms with Crippen molar-refractivity contribution in [3.63, 3.8) is 0 Å². The molecular weight excluding hydrogens is 288 g/mol. The van der Waals surface area contributed by atoms with E-state index in [-0.39, 0.29) is 6.03 Å². The molecule has 0 spiro atoms. The Hall–Kier alpha value is -3.01. The first-order valence-corrected chi connectivity index (χ1v) is 7.43. The van der Waals surface area contributed by atoms with Crippen LogP contribution in [0.15, 0.2) is 66.4 Å². The molecule has 0 bridgehead atoms. The van der Waals surface area contributed by atoms with E-state index in [1.54, 1.807) is 7.11 Å². The van der Waals surface area contributed by atoms with Gasteiger partial charge in [0.2, 0.25) is 0 Å². The van der Waals surface area contributed by atoms with Crippen LogP contribution >= 0.6 is 0 Å². The lowest BCUT2D eigenvalue weighted by Crippen LogP contribution is -2.39. The summed E-state index contributed by atoms with van der Waals surface area (Å²) in [6.07, 6.45) is 4.01. The summed E-state index contributed by atoms with van der Waals surface area (Å²) >= 11 is 0. The standard InChI is InChI=1S/C19H18N2O2/c1-23-18-10-6-5-9-15(18)16(13-14-7-3-2-4-8-14)17-11-12-20-19(22)21-17/h2-11,13H,12H2,1H3,(H2,20,21,22). The fourth-order valence-electron chi connectivity index (χ4n) is 2.52. The van der Waals surface area contributed by atoms with Crippen molar-refractivity contribution in [1.29, 1.82) is 0 Å². The summed E-state index contributed by atoms with van der Waals surface area (Å²) in [6.45, 7) is 0.502. The van der Waals surface area contributed by atoms with Crippen molar-refractivity contribution in [3.8, 4) is 5.75 Å². The van der Waals surface area contributed by atoms with Crippen LogP contribution < -0.4 is 15.4 Å². The van der Waals surface area contributed by atoms with Gasteiger partial charge in [-0.2, -0.15) is 0 Å². The number of allylic oxidation sites excluding steroid dienone is 1. The average Bonchev–Trinajstić information content (AvgIpc) is 2.60. The van der Waals surface area contributed by atoms with Crippen molar-refractivity contribution in [2.45, 2.75) is 0 Å². The highest BCUT2D eigenvalue weighted by Gasteiger charge is 2.17. The second kappa shape index (κ2) is 6.83. The molecule has 1 aliphatic heterocycles. The third-order valence-corrected chi connectivity index (χ3v) is 3.61. The summed E-state index contributed by atoms with van der Waals surface area (Å²) in [4.78, 5) is 11.7. The SMILES string of the molecule is COc1ccccc1C(=Cc1ccccc1)C1=CCNC(=O)N1. The second-order valence-corrected chi connectivity index (χ2v) is 5.12. The van der Waals surface area contributed by atoms with E-state index < -0.39 is 0 Å². The number of hydrogen-bond donors (Lipinski definition) is 2. The minimum Gasteiger partial charge on any atom is -0.496 e. The smallest absolute Gasteiger partial charge is 0.319 e. The summed E-state index contributed by atoms with van der Waals surface area (Å²) in [5, 5.41) is 5.60. The Balaban J connectivity index is 2.12.